The zero-order chi connectivity index (χ0) is 16.6. The molecule has 2 aliphatic rings. The van der Waals surface area contributed by atoms with Crippen LogP contribution in [0, 0.1) is 0 Å². The van der Waals surface area contributed by atoms with Crippen molar-refractivity contribution in [2.24, 2.45) is 0 Å². The predicted octanol–water partition coefficient (Wildman–Crippen LogP) is 1.63. The highest BCUT2D eigenvalue weighted by Crippen LogP contribution is 2.37. The number of ketones is 3. The van der Waals surface area contributed by atoms with Gasteiger partial charge in [0.1, 0.15) is 11.7 Å². The smallest absolute Gasteiger partial charge is 0.267 e. The molecule has 0 saturated heterocycles. The van der Waals surface area contributed by atoms with Gasteiger partial charge in [-0.15, -0.1) is 0 Å². The Morgan fingerprint density at radius 3 is 2.17 bits per heavy atom. The maximum absolute atomic E-state index is 12.5. The number of hydrogen-bond donors (Lipinski definition) is 0. The summed E-state index contributed by atoms with van der Waals surface area (Å²) in [6.07, 6.45) is -0.623. The highest BCUT2D eigenvalue weighted by molar-refractivity contribution is 6.34. The summed E-state index contributed by atoms with van der Waals surface area (Å²) in [6.45, 7) is 0. The Bertz CT molecular complexity index is 757. The minimum absolute atomic E-state index is 0.0127. The van der Waals surface area contributed by atoms with Gasteiger partial charge >= 0.3 is 0 Å². The molecule has 23 heavy (non-hydrogen) atoms. The first kappa shape index (κ1) is 15.0. The lowest BCUT2D eigenvalue weighted by Gasteiger charge is -2.29. The maximum Gasteiger partial charge on any atom is 0.267 e. The SMILES string of the molecule is COC1=C(OC)C(=O)C2=C(O[C@@H](c3ccccc3)CC2=O)C1=O. The first-order valence-electron chi connectivity index (χ1n) is 6.99. The molecule has 118 valence electrons. The number of hydrogen-bond acceptors (Lipinski definition) is 6. The van der Waals surface area contributed by atoms with E-state index in [0.717, 1.165) is 5.56 Å². The van der Waals surface area contributed by atoms with Crippen LogP contribution in [0.3, 0.4) is 0 Å². The normalized spacial score (nSPS) is 21.1. The van der Waals surface area contributed by atoms with Crippen LogP contribution in [0.2, 0.25) is 0 Å². The third kappa shape index (κ3) is 2.32. The van der Waals surface area contributed by atoms with Gasteiger partial charge in [0, 0.05) is 0 Å². The van der Waals surface area contributed by atoms with Crippen molar-refractivity contribution in [3.8, 4) is 0 Å². The lowest BCUT2D eigenvalue weighted by molar-refractivity contribution is -0.132. The second-order valence-electron chi connectivity index (χ2n) is 5.07. The molecule has 0 bridgehead atoms. The number of Topliss-reactive ketones (excluding diaryl/α,β-unsaturated/α-hetero) is 3. The molecular weight excluding hydrogens is 300 g/mol. The Kier molecular flexibility index (Phi) is 3.73. The zero-order valence-corrected chi connectivity index (χ0v) is 12.6. The quantitative estimate of drug-likeness (QED) is 0.623. The second kappa shape index (κ2) is 5.72. The number of allylic oxidation sites excluding steroid dienone is 1. The van der Waals surface area contributed by atoms with Crippen LogP contribution in [0.1, 0.15) is 18.1 Å². The highest BCUT2D eigenvalue weighted by atomic mass is 16.5. The predicted molar refractivity (Wildman–Crippen MR) is 78.0 cm³/mol. The van der Waals surface area contributed by atoms with Crippen molar-refractivity contribution in [2.75, 3.05) is 14.2 Å². The summed E-state index contributed by atoms with van der Waals surface area (Å²) >= 11 is 0. The van der Waals surface area contributed by atoms with Gasteiger partial charge in [0.15, 0.2) is 11.5 Å². The lowest BCUT2D eigenvalue weighted by Crippen LogP contribution is -2.35. The van der Waals surface area contributed by atoms with Crippen molar-refractivity contribution >= 4 is 17.3 Å². The molecule has 1 aliphatic carbocycles. The molecule has 3 rings (SSSR count). The van der Waals surface area contributed by atoms with Crippen LogP contribution in [0.25, 0.3) is 0 Å². The summed E-state index contributed by atoms with van der Waals surface area (Å²) in [6, 6.07) is 9.05. The summed E-state index contributed by atoms with van der Waals surface area (Å²) in [4.78, 5) is 37.3. The van der Waals surface area contributed by atoms with Crippen LogP contribution in [0.4, 0.5) is 0 Å². The fraction of sp³-hybridized carbons (Fsp3) is 0.235. The Morgan fingerprint density at radius 1 is 0.957 bits per heavy atom. The van der Waals surface area contributed by atoms with Crippen LogP contribution in [-0.4, -0.2) is 31.6 Å². The van der Waals surface area contributed by atoms with E-state index in [4.69, 9.17) is 14.2 Å². The van der Waals surface area contributed by atoms with Crippen LogP contribution in [0.15, 0.2) is 53.2 Å². The van der Waals surface area contributed by atoms with E-state index in [-0.39, 0.29) is 29.3 Å². The molecule has 1 heterocycles. The van der Waals surface area contributed by atoms with Gasteiger partial charge in [0.2, 0.25) is 17.3 Å². The van der Waals surface area contributed by atoms with E-state index in [0.29, 0.717) is 0 Å². The molecule has 0 fully saturated rings. The minimum atomic E-state index is -0.685. The number of carbonyl (C=O) groups is 3. The van der Waals surface area contributed by atoms with Crippen molar-refractivity contribution in [3.63, 3.8) is 0 Å². The summed E-state index contributed by atoms with van der Waals surface area (Å²) in [5, 5.41) is 0. The molecule has 1 aromatic carbocycles. The lowest BCUT2D eigenvalue weighted by atomic mass is 9.88. The summed E-state index contributed by atoms with van der Waals surface area (Å²) in [7, 11) is 2.50. The van der Waals surface area contributed by atoms with E-state index in [1.165, 1.54) is 14.2 Å². The van der Waals surface area contributed by atoms with Gasteiger partial charge in [-0.2, -0.15) is 0 Å². The molecule has 0 spiro atoms. The van der Waals surface area contributed by atoms with E-state index in [9.17, 15) is 14.4 Å². The van der Waals surface area contributed by atoms with E-state index in [2.05, 4.69) is 0 Å². The van der Waals surface area contributed by atoms with Gasteiger partial charge < -0.3 is 14.2 Å². The van der Waals surface area contributed by atoms with Crippen molar-refractivity contribution in [1.82, 2.24) is 0 Å². The average molecular weight is 314 g/mol. The molecule has 0 N–H and O–H groups in total. The largest absolute Gasteiger partial charge is 0.489 e. The van der Waals surface area contributed by atoms with Crippen LogP contribution < -0.4 is 0 Å². The first-order chi connectivity index (χ1) is 11.1. The molecule has 6 heteroatoms. The Hall–Kier alpha value is -2.89. The van der Waals surface area contributed by atoms with Crippen molar-refractivity contribution in [1.29, 1.82) is 0 Å². The highest BCUT2D eigenvalue weighted by Gasteiger charge is 2.45. The van der Waals surface area contributed by atoms with Gasteiger partial charge in [0.25, 0.3) is 5.78 Å². The molecule has 0 unspecified atom stereocenters. The van der Waals surface area contributed by atoms with Crippen molar-refractivity contribution < 1.29 is 28.6 Å². The second-order valence-corrected chi connectivity index (χ2v) is 5.07. The van der Waals surface area contributed by atoms with E-state index >= 15 is 0 Å². The number of ether oxygens (including phenoxy) is 3. The van der Waals surface area contributed by atoms with Crippen molar-refractivity contribution in [2.45, 2.75) is 12.5 Å². The van der Waals surface area contributed by atoms with Crippen molar-refractivity contribution in [3.05, 3.63) is 58.7 Å². The molecule has 1 aromatic rings. The minimum Gasteiger partial charge on any atom is -0.489 e. The van der Waals surface area contributed by atoms with E-state index in [1.807, 2.05) is 18.2 Å². The third-order valence-corrected chi connectivity index (χ3v) is 3.77. The number of methoxy groups -OCH3 is 2. The molecule has 0 amide bonds. The Labute approximate surface area is 132 Å². The standard InChI is InChI=1S/C17H14O6/c1-21-16-13(19)12-10(18)8-11(9-6-4-3-5-7-9)23-15(12)14(20)17(16)22-2/h3-7,11H,8H2,1-2H3/t11-/m1/s1. The van der Waals surface area contributed by atoms with E-state index < -0.39 is 23.5 Å². The van der Waals surface area contributed by atoms with Gasteiger partial charge in [-0.1, -0.05) is 30.3 Å². The maximum atomic E-state index is 12.5. The molecule has 0 aromatic heterocycles. The van der Waals surface area contributed by atoms with E-state index in [1.54, 1.807) is 12.1 Å². The molecule has 1 aliphatic heterocycles. The fourth-order valence-corrected chi connectivity index (χ4v) is 2.68. The fourth-order valence-electron chi connectivity index (χ4n) is 2.68. The average Bonchev–Trinajstić information content (AvgIpc) is 2.57. The van der Waals surface area contributed by atoms with Gasteiger partial charge in [-0.25, -0.2) is 0 Å². The number of carbonyl (C=O) groups excluding carboxylic acids is 3. The van der Waals surface area contributed by atoms with Crippen LogP contribution in [0.5, 0.6) is 0 Å². The topological polar surface area (TPSA) is 78.9 Å². The zero-order valence-electron chi connectivity index (χ0n) is 12.6. The number of benzene rings is 1. The van der Waals surface area contributed by atoms with Crippen LogP contribution >= 0.6 is 0 Å². The Morgan fingerprint density at radius 2 is 1.57 bits per heavy atom. The molecular formula is C17H14O6. The third-order valence-electron chi connectivity index (χ3n) is 3.77. The summed E-state index contributed by atoms with van der Waals surface area (Å²) in [5.74, 6) is -2.58. The van der Waals surface area contributed by atoms with Gasteiger partial charge in [-0.3, -0.25) is 14.4 Å². The molecule has 1 atom stereocenters. The number of rotatable bonds is 3. The molecule has 6 nitrogen and oxygen atoms in total. The first-order valence-corrected chi connectivity index (χ1v) is 6.99. The Balaban J connectivity index is 2.04. The monoisotopic (exact) mass is 314 g/mol. The molecule has 0 saturated carbocycles. The summed E-state index contributed by atoms with van der Waals surface area (Å²) in [5.41, 5.74) is 0.493. The molecule has 0 radical (unpaired) electrons. The van der Waals surface area contributed by atoms with Crippen LogP contribution in [-0.2, 0) is 28.6 Å². The summed E-state index contributed by atoms with van der Waals surface area (Å²) < 4.78 is 15.6. The van der Waals surface area contributed by atoms with Gasteiger partial charge in [0.05, 0.1) is 20.6 Å². The van der Waals surface area contributed by atoms with Gasteiger partial charge in [-0.05, 0) is 5.56 Å².